The van der Waals surface area contributed by atoms with E-state index < -0.39 is 11.7 Å². The predicted molar refractivity (Wildman–Crippen MR) is 72.5 cm³/mol. The average Bonchev–Trinajstić information content (AvgIpc) is 2.80. The van der Waals surface area contributed by atoms with Gasteiger partial charge in [-0.15, -0.1) is 11.3 Å². The molecule has 0 bridgehead atoms. The zero-order chi connectivity index (χ0) is 14.8. The SMILES string of the molecule is Cc1ccsc1CNc1ccc(C#N)c(C(F)(F)F)c1. The third kappa shape index (κ3) is 3.11. The fourth-order valence-corrected chi connectivity index (χ4v) is 2.60. The van der Waals surface area contributed by atoms with E-state index in [2.05, 4.69) is 5.32 Å². The molecule has 2 nitrogen and oxygen atoms in total. The first-order valence-corrected chi connectivity index (χ1v) is 6.68. The number of hydrogen-bond acceptors (Lipinski definition) is 3. The summed E-state index contributed by atoms with van der Waals surface area (Å²) in [5.41, 5.74) is 0.180. The number of nitrogens with one attached hydrogen (secondary N) is 1. The highest BCUT2D eigenvalue weighted by Gasteiger charge is 2.33. The van der Waals surface area contributed by atoms with Gasteiger partial charge >= 0.3 is 6.18 Å². The Kier molecular flexibility index (Phi) is 4.00. The van der Waals surface area contributed by atoms with Gasteiger partial charge in [-0.25, -0.2) is 0 Å². The Labute approximate surface area is 118 Å². The number of thiophene rings is 1. The van der Waals surface area contributed by atoms with Gasteiger partial charge in [-0.05, 0) is 42.1 Å². The average molecular weight is 296 g/mol. The van der Waals surface area contributed by atoms with Crippen LogP contribution in [0.4, 0.5) is 18.9 Å². The molecule has 0 radical (unpaired) electrons. The lowest BCUT2D eigenvalue weighted by atomic mass is 10.1. The van der Waals surface area contributed by atoms with Crippen molar-refractivity contribution in [2.75, 3.05) is 5.32 Å². The van der Waals surface area contributed by atoms with Gasteiger partial charge in [0.05, 0.1) is 17.2 Å². The highest BCUT2D eigenvalue weighted by Crippen LogP contribution is 2.33. The van der Waals surface area contributed by atoms with Crippen molar-refractivity contribution >= 4 is 17.0 Å². The van der Waals surface area contributed by atoms with Crippen LogP contribution in [0.3, 0.4) is 0 Å². The third-order valence-electron chi connectivity index (χ3n) is 2.87. The molecule has 0 unspecified atom stereocenters. The Bertz CT molecular complexity index is 653. The van der Waals surface area contributed by atoms with Gasteiger partial charge in [0.1, 0.15) is 0 Å². The summed E-state index contributed by atoms with van der Waals surface area (Å²) >= 11 is 1.55. The molecule has 6 heteroatoms. The summed E-state index contributed by atoms with van der Waals surface area (Å²) in [6, 6.07) is 7.17. The Morgan fingerprint density at radius 3 is 2.60 bits per heavy atom. The lowest BCUT2D eigenvalue weighted by molar-refractivity contribution is -0.137. The quantitative estimate of drug-likeness (QED) is 0.901. The number of nitriles is 1. The fourth-order valence-electron chi connectivity index (χ4n) is 1.75. The minimum absolute atomic E-state index is 0.351. The molecule has 0 fully saturated rings. The summed E-state index contributed by atoms with van der Waals surface area (Å²) in [6.07, 6.45) is -4.53. The van der Waals surface area contributed by atoms with E-state index in [1.807, 2.05) is 18.4 Å². The maximum absolute atomic E-state index is 12.8. The Balaban J connectivity index is 2.22. The van der Waals surface area contributed by atoms with Crippen LogP contribution in [-0.4, -0.2) is 0 Å². The number of benzene rings is 1. The van der Waals surface area contributed by atoms with E-state index in [4.69, 9.17) is 5.26 Å². The van der Waals surface area contributed by atoms with E-state index in [1.165, 1.54) is 12.1 Å². The van der Waals surface area contributed by atoms with Gasteiger partial charge < -0.3 is 5.32 Å². The molecule has 2 rings (SSSR count). The molecular formula is C14H11F3N2S. The molecule has 0 saturated heterocycles. The number of aryl methyl sites for hydroxylation is 1. The van der Waals surface area contributed by atoms with E-state index >= 15 is 0 Å². The predicted octanol–water partition coefficient (Wildman–Crippen LogP) is 4.56. The normalized spacial score (nSPS) is 11.2. The topological polar surface area (TPSA) is 35.8 Å². The lowest BCUT2D eigenvalue weighted by Gasteiger charge is -2.12. The molecule has 1 N–H and O–H groups in total. The molecule has 0 aliphatic carbocycles. The van der Waals surface area contributed by atoms with E-state index in [1.54, 1.807) is 17.4 Å². The summed E-state index contributed by atoms with van der Waals surface area (Å²) in [5.74, 6) is 0. The smallest absolute Gasteiger partial charge is 0.380 e. The van der Waals surface area contributed by atoms with Gasteiger partial charge in [0.15, 0.2) is 0 Å². The van der Waals surface area contributed by atoms with Crippen LogP contribution < -0.4 is 5.32 Å². The lowest BCUT2D eigenvalue weighted by Crippen LogP contribution is -2.09. The molecule has 1 aromatic heterocycles. The number of hydrogen-bond donors (Lipinski definition) is 1. The molecule has 0 saturated carbocycles. The number of halogens is 3. The van der Waals surface area contributed by atoms with Crippen molar-refractivity contribution in [1.82, 2.24) is 0 Å². The first kappa shape index (κ1) is 14.4. The Hall–Kier alpha value is -2.00. The summed E-state index contributed by atoms with van der Waals surface area (Å²) in [4.78, 5) is 1.07. The summed E-state index contributed by atoms with van der Waals surface area (Å²) in [7, 11) is 0. The van der Waals surface area contributed by atoms with Crippen molar-refractivity contribution < 1.29 is 13.2 Å². The molecule has 1 aromatic carbocycles. The van der Waals surface area contributed by atoms with Crippen molar-refractivity contribution in [3.05, 3.63) is 51.2 Å². The maximum Gasteiger partial charge on any atom is 0.417 e. The molecule has 20 heavy (non-hydrogen) atoms. The van der Waals surface area contributed by atoms with Crippen LogP contribution in [0.2, 0.25) is 0 Å². The summed E-state index contributed by atoms with van der Waals surface area (Å²) in [5, 5.41) is 13.6. The van der Waals surface area contributed by atoms with Crippen molar-refractivity contribution in [3.63, 3.8) is 0 Å². The van der Waals surface area contributed by atoms with Crippen molar-refractivity contribution in [2.45, 2.75) is 19.6 Å². The molecule has 1 heterocycles. The van der Waals surface area contributed by atoms with Gasteiger partial charge in [0, 0.05) is 17.1 Å². The number of nitrogens with zero attached hydrogens (tertiary/aromatic N) is 1. The van der Waals surface area contributed by atoms with E-state index in [-0.39, 0.29) is 5.56 Å². The zero-order valence-corrected chi connectivity index (χ0v) is 11.4. The van der Waals surface area contributed by atoms with Crippen LogP contribution >= 0.6 is 11.3 Å². The van der Waals surface area contributed by atoms with Crippen LogP contribution in [0.5, 0.6) is 0 Å². The molecule has 2 aromatic rings. The minimum atomic E-state index is -4.53. The molecule has 0 amide bonds. The second-order valence-electron chi connectivity index (χ2n) is 4.25. The van der Waals surface area contributed by atoms with Crippen molar-refractivity contribution in [1.29, 1.82) is 5.26 Å². The zero-order valence-electron chi connectivity index (χ0n) is 10.6. The summed E-state index contributed by atoms with van der Waals surface area (Å²) < 4.78 is 38.4. The molecule has 0 aliphatic heterocycles. The minimum Gasteiger partial charge on any atom is -0.380 e. The van der Waals surface area contributed by atoms with Crippen LogP contribution in [0.25, 0.3) is 0 Å². The standard InChI is InChI=1S/C14H11F3N2S/c1-9-4-5-20-13(9)8-19-11-3-2-10(7-18)12(6-11)14(15,16)17/h2-6,19H,8H2,1H3. The van der Waals surface area contributed by atoms with Gasteiger partial charge in [0.25, 0.3) is 0 Å². The second kappa shape index (κ2) is 5.55. The largest absolute Gasteiger partial charge is 0.417 e. The van der Waals surface area contributed by atoms with Crippen molar-refractivity contribution in [2.24, 2.45) is 0 Å². The van der Waals surface area contributed by atoms with Crippen LogP contribution in [-0.2, 0) is 12.7 Å². The van der Waals surface area contributed by atoms with Crippen LogP contribution in [0.15, 0.2) is 29.6 Å². The van der Waals surface area contributed by atoms with E-state index in [0.29, 0.717) is 12.2 Å². The molecule has 0 atom stereocenters. The van der Waals surface area contributed by atoms with Crippen LogP contribution in [0.1, 0.15) is 21.6 Å². The number of rotatable bonds is 3. The van der Waals surface area contributed by atoms with Gasteiger partial charge in [-0.1, -0.05) is 0 Å². The van der Waals surface area contributed by atoms with Gasteiger partial charge in [-0.2, -0.15) is 18.4 Å². The van der Waals surface area contributed by atoms with Gasteiger partial charge in [-0.3, -0.25) is 0 Å². The Morgan fingerprint density at radius 2 is 2.05 bits per heavy atom. The first-order chi connectivity index (χ1) is 9.41. The van der Waals surface area contributed by atoms with Crippen molar-refractivity contribution in [3.8, 4) is 6.07 Å². The fraction of sp³-hybridized carbons (Fsp3) is 0.214. The summed E-state index contributed by atoms with van der Waals surface area (Å²) in [6.45, 7) is 2.42. The molecular weight excluding hydrogens is 285 g/mol. The highest BCUT2D eigenvalue weighted by atomic mass is 32.1. The monoisotopic (exact) mass is 296 g/mol. The highest BCUT2D eigenvalue weighted by molar-refractivity contribution is 7.10. The number of anilines is 1. The van der Waals surface area contributed by atoms with Gasteiger partial charge in [0.2, 0.25) is 0 Å². The molecule has 0 spiro atoms. The maximum atomic E-state index is 12.8. The van der Waals surface area contributed by atoms with E-state index in [9.17, 15) is 13.2 Å². The number of alkyl halides is 3. The Morgan fingerprint density at radius 1 is 1.30 bits per heavy atom. The molecule has 0 aliphatic rings. The third-order valence-corrected chi connectivity index (χ3v) is 3.89. The first-order valence-electron chi connectivity index (χ1n) is 5.80. The molecule has 104 valence electrons. The second-order valence-corrected chi connectivity index (χ2v) is 5.25. The van der Waals surface area contributed by atoms with Crippen LogP contribution in [0, 0.1) is 18.3 Å². The van der Waals surface area contributed by atoms with E-state index in [0.717, 1.165) is 16.5 Å².